The van der Waals surface area contributed by atoms with Crippen molar-refractivity contribution in [1.82, 2.24) is 9.62 Å². The van der Waals surface area contributed by atoms with Crippen molar-refractivity contribution in [1.29, 1.82) is 0 Å². The Kier molecular flexibility index (Phi) is 6.26. The molecule has 0 unspecified atom stereocenters. The first-order chi connectivity index (χ1) is 13.0. The molecule has 0 atom stereocenters. The zero-order valence-electron chi connectivity index (χ0n) is 15.1. The Hall–Kier alpha value is -2.22. The number of hydrogen-bond acceptors (Lipinski definition) is 4. The maximum atomic E-state index is 12.6. The van der Waals surface area contributed by atoms with Crippen molar-refractivity contribution < 1.29 is 18.3 Å². The van der Waals surface area contributed by atoms with Gasteiger partial charge < -0.3 is 10.4 Å². The maximum Gasteiger partial charge on any atom is 0.335 e. The Labute approximate surface area is 159 Å². The molecule has 0 spiro atoms. The Morgan fingerprint density at radius 1 is 0.889 bits per heavy atom. The zero-order chi connectivity index (χ0) is 19.3. The number of carboxylic acids is 1. The molecule has 1 fully saturated rings. The average Bonchev–Trinajstić information content (AvgIpc) is 2.69. The van der Waals surface area contributed by atoms with Crippen LogP contribution >= 0.6 is 0 Å². The van der Waals surface area contributed by atoms with E-state index in [1.54, 1.807) is 40.7 Å². The van der Waals surface area contributed by atoms with Gasteiger partial charge in [-0.05, 0) is 48.2 Å². The number of sulfonamides is 1. The van der Waals surface area contributed by atoms with E-state index in [4.69, 9.17) is 5.11 Å². The third-order valence-electron chi connectivity index (χ3n) is 4.74. The zero-order valence-corrected chi connectivity index (χ0v) is 15.9. The molecule has 1 aliphatic rings. The van der Waals surface area contributed by atoms with Gasteiger partial charge >= 0.3 is 5.97 Å². The van der Waals surface area contributed by atoms with Crippen LogP contribution < -0.4 is 5.32 Å². The number of nitrogens with one attached hydrogen (secondary N) is 1. The summed E-state index contributed by atoms with van der Waals surface area (Å²) in [5.74, 6) is -0.936. The molecule has 27 heavy (non-hydrogen) atoms. The normalized spacial score (nSPS) is 15.6. The van der Waals surface area contributed by atoms with Crippen molar-refractivity contribution in [2.75, 3.05) is 13.1 Å². The van der Waals surface area contributed by atoms with E-state index in [1.807, 2.05) is 12.1 Å². The molecule has 6 nitrogen and oxygen atoms in total. The number of benzene rings is 2. The molecular formula is C20H24N2O4S. The summed E-state index contributed by atoms with van der Waals surface area (Å²) in [7, 11) is -3.39. The molecule has 1 saturated heterocycles. The summed E-state index contributed by atoms with van der Waals surface area (Å²) in [6.45, 7) is 2.41. The minimum absolute atomic E-state index is 0.268. The summed E-state index contributed by atoms with van der Waals surface area (Å²) in [5.41, 5.74) is 2.25. The summed E-state index contributed by atoms with van der Waals surface area (Å²) in [6, 6.07) is 13.7. The number of nitrogens with zero attached hydrogens (tertiary/aromatic N) is 1. The van der Waals surface area contributed by atoms with Crippen LogP contribution in [0.2, 0.25) is 0 Å². The van der Waals surface area contributed by atoms with E-state index in [0.717, 1.165) is 30.4 Å². The molecule has 2 aromatic carbocycles. The Balaban J connectivity index is 1.55. The summed E-state index contributed by atoms with van der Waals surface area (Å²) in [6.07, 6.45) is 2.94. The summed E-state index contributed by atoms with van der Waals surface area (Å²) in [4.78, 5) is 11.2. The monoisotopic (exact) mass is 388 g/mol. The largest absolute Gasteiger partial charge is 0.478 e. The quantitative estimate of drug-likeness (QED) is 0.762. The lowest BCUT2D eigenvalue weighted by atomic mass is 10.1. The number of carbonyl (C=O) groups is 1. The standard InChI is InChI=1S/C20H24N2O4S/c23-20(24)18-8-4-16(5-9-18)14-21-15-17-6-10-19(11-7-17)27(25,26)22-12-2-1-3-13-22/h4-11,21H,1-3,12-15H2,(H,23,24). The van der Waals surface area contributed by atoms with Crippen LogP contribution in [-0.2, 0) is 23.1 Å². The second kappa shape index (κ2) is 8.65. The molecule has 0 radical (unpaired) electrons. The number of aromatic carboxylic acids is 1. The van der Waals surface area contributed by atoms with Crippen molar-refractivity contribution >= 4 is 16.0 Å². The third-order valence-corrected chi connectivity index (χ3v) is 6.65. The molecule has 0 amide bonds. The second-order valence-electron chi connectivity index (χ2n) is 6.71. The van der Waals surface area contributed by atoms with Crippen molar-refractivity contribution in [3.8, 4) is 0 Å². The molecule has 1 heterocycles. The topological polar surface area (TPSA) is 86.7 Å². The smallest absolute Gasteiger partial charge is 0.335 e. The van der Waals surface area contributed by atoms with Crippen LogP contribution in [0, 0.1) is 0 Å². The number of hydrogen-bond donors (Lipinski definition) is 2. The van der Waals surface area contributed by atoms with Crippen LogP contribution in [-0.4, -0.2) is 36.9 Å². The van der Waals surface area contributed by atoms with Gasteiger partial charge in [0.1, 0.15) is 0 Å². The molecule has 3 rings (SSSR count). The maximum absolute atomic E-state index is 12.6. The first kappa shape index (κ1) is 19.5. The summed E-state index contributed by atoms with van der Waals surface area (Å²) in [5, 5.41) is 12.2. The van der Waals surface area contributed by atoms with E-state index >= 15 is 0 Å². The van der Waals surface area contributed by atoms with Crippen LogP contribution in [0.4, 0.5) is 0 Å². The minimum atomic E-state index is -3.39. The van der Waals surface area contributed by atoms with Gasteiger partial charge in [0.2, 0.25) is 10.0 Å². The minimum Gasteiger partial charge on any atom is -0.478 e. The lowest BCUT2D eigenvalue weighted by Crippen LogP contribution is -2.35. The van der Waals surface area contributed by atoms with E-state index < -0.39 is 16.0 Å². The highest BCUT2D eigenvalue weighted by molar-refractivity contribution is 7.89. The fourth-order valence-corrected chi connectivity index (χ4v) is 4.67. The predicted octanol–water partition coefficient (Wildman–Crippen LogP) is 2.85. The average molecular weight is 388 g/mol. The molecule has 7 heteroatoms. The first-order valence-corrected chi connectivity index (χ1v) is 10.5. The number of rotatable bonds is 7. The molecule has 1 aliphatic heterocycles. The van der Waals surface area contributed by atoms with Gasteiger partial charge in [0.05, 0.1) is 10.5 Å². The van der Waals surface area contributed by atoms with Crippen LogP contribution in [0.5, 0.6) is 0 Å². The van der Waals surface area contributed by atoms with Gasteiger partial charge in [-0.2, -0.15) is 4.31 Å². The molecular weight excluding hydrogens is 364 g/mol. The van der Waals surface area contributed by atoms with E-state index in [2.05, 4.69) is 5.32 Å². The molecule has 0 aliphatic carbocycles. The van der Waals surface area contributed by atoms with Gasteiger partial charge in [-0.25, -0.2) is 13.2 Å². The molecule has 144 valence electrons. The van der Waals surface area contributed by atoms with E-state index in [-0.39, 0.29) is 5.56 Å². The fourth-order valence-electron chi connectivity index (χ4n) is 3.15. The Bertz CT molecular complexity index is 871. The van der Waals surface area contributed by atoms with Crippen LogP contribution in [0.15, 0.2) is 53.4 Å². The summed E-state index contributed by atoms with van der Waals surface area (Å²) >= 11 is 0. The first-order valence-electron chi connectivity index (χ1n) is 9.09. The van der Waals surface area contributed by atoms with Gasteiger partial charge in [-0.3, -0.25) is 0 Å². The molecule has 0 bridgehead atoms. The molecule has 2 aromatic rings. The van der Waals surface area contributed by atoms with Crippen molar-refractivity contribution in [2.45, 2.75) is 37.2 Å². The highest BCUT2D eigenvalue weighted by atomic mass is 32.2. The van der Waals surface area contributed by atoms with Crippen molar-refractivity contribution in [2.24, 2.45) is 0 Å². The van der Waals surface area contributed by atoms with E-state index in [9.17, 15) is 13.2 Å². The van der Waals surface area contributed by atoms with E-state index in [0.29, 0.717) is 31.1 Å². The highest BCUT2D eigenvalue weighted by Crippen LogP contribution is 2.20. The Morgan fingerprint density at radius 2 is 1.41 bits per heavy atom. The van der Waals surface area contributed by atoms with Gasteiger partial charge in [0.15, 0.2) is 0 Å². The number of piperidine rings is 1. The molecule has 0 saturated carbocycles. The van der Waals surface area contributed by atoms with Crippen LogP contribution in [0.3, 0.4) is 0 Å². The second-order valence-corrected chi connectivity index (χ2v) is 8.65. The van der Waals surface area contributed by atoms with E-state index in [1.165, 1.54) is 0 Å². The number of carboxylic acid groups (broad SMARTS) is 1. The fraction of sp³-hybridized carbons (Fsp3) is 0.350. The Morgan fingerprint density at radius 3 is 1.93 bits per heavy atom. The lowest BCUT2D eigenvalue weighted by Gasteiger charge is -2.25. The lowest BCUT2D eigenvalue weighted by molar-refractivity contribution is 0.0697. The van der Waals surface area contributed by atoms with Crippen molar-refractivity contribution in [3.63, 3.8) is 0 Å². The summed E-state index contributed by atoms with van der Waals surface area (Å²) < 4.78 is 26.9. The van der Waals surface area contributed by atoms with Gasteiger partial charge in [-0.1, -0.05) is 30.7 Å². The SMILES string of the molecule is O=C(O)c1ccc(CNCc2ccc(S(=O)(=O)N3CCCCC3)cc2)cc1. The molecule has 0 aromatic heterocycles. The van der Waals surface area contributed by atoms with Crippen molar-refractivity contribution in [3.05, 3.63) is 65.2 Å². The molecule has 2 N–H and O–H groups in total. The van der Waals surface area contributed by atoms with Crippen LogP contribution in [0.25, 0.3) is 0 Å². The third kappa shape index (κ3) is 4.94. The predicted molar refractivity (Wildman–Crippen MR) is 103 cm³/mol. The van der Waals surface area contributed by atoms with Crippen LogP contribution in [0.1, 0.15) is 40.7 Å². The van der Waals surface area contributed by atoms with Gasteiger partial charge in [0, 0.05) is 26.2 Å². The van der Waals surface area contributed by atoms with Gasteiger partial charge in [-0.15, -0.1) is 0 Å². The van der Waals surface area contributed by atoms with Gasteiger partial charge in [0.25, 0.3) is 0 Å². The highest BCUT2D eigenvalue weighted by Gasteiger charge is 2.25.